The largest absolute Gasteiger partial charge is 0.296 e. The normalized spacial score (nSPS) is 13.3. The maximum absolute atomic E-state index is 8.70. The van der Waals surface area contributed by atoms with Gasteiger partial charge in [-0.05, 0) is 126 Å². The summed E-state index contributed by atoms with van der Waals surface area (Å²) >= 11 is 0. The first kappa shape index (κ1) is 27.6. The quantitative estimate of drug-likeness (QED) is 0.151. The van der Waals surface area contributed by atoms with E-state index in [1.54, 1.807) is 10.6 Å². The van der Waals surface area contributed by atoms with Crippen molar-refractivity contribution in [2.45, 2.75) is 13.2 Å². The predicted octanol–water partition coefficient (Wildman–Crippen LogP) is 14.2. The van der Waals surface area contributed by atoms with Gasteiger partial charge in [-0.25, -0.2) is 4.98 Å². The van der Waals surface area contributed by atoms with E-state index < -0.39 is 13.2 Å². The first-order chi connectivity index (χ1) is 29.2. The van der Waals surface area contributed by atoms with Gasteiger partial charge < -0.3 is 0 Å². The number of aryl methyl sites for hydroxylation is 1. The summed E-state index contributed by atoms with van der Waals surface area (Å²) < 4.78 is 43.2. The minimum absolute atomic E-state index is 0.155. The molecule has 0 radical (unpaired) electrons. The highest BCUT2D eigenvalue weighted by Gasteiger charge is 2.19. The van der Waals surface area contributed by atoms with Crippen molar-refractivity contribution in [3.05, 3.63) is 206 Å². The van der Waals surface area contributed by atoms with Crippen LogP contribution < -0.4 is 0 Å². The van der Waals surface area contributed by atoms with Crippen molar-refractivity contribution in [2.75, 3.05) is 0 Å². The third-order valence-electron chi connectivity index (χ3n) is 10.6. The zero-order valence-electron chi connectivity index (χ0n) is 34.9. The summed E-state index contributed by atoms with van der Waals surface area (Å²) in [6, 6.07) is 69.1. The topological polar surface area (TPSA) is 17.8 Å². The van der Waals surface area contributed by atoms with Crippen molar-refractivity contribution < 1.29 is 6.85 Å². The molecule has 0 aliphatic heterocycles. The second kappa shape index (κ2) is 13.7. The average molecular weight is 708 g/mol. The lowest BCUT2D eigenvalue weighted by Gasteiger charge is -2.19. The Morgan fingerprint density at radius 2 is 0.873 bits per heavy atom. The fourth-order valence-electron chi connectivity index (χ4n) is 8.17. The van der Waals surface area contributed by atoms with Crippen molar-refractivity contribution in [2.24, 2.45) is 0 Å². The molecule has 0 aliphatic rings. The highest BCUT2D eigenvalue weighted by Crippen LogP contribution is 2.46. The monoisotopic (exact) mass is 707 g/mol. The molecule has 0 unspecified atom stereocenters. The number of imidazole rings is 1. The number of hydrogen-bond donors (Lipinski definition) is 0. The Morgan fingerprint density at radius 3 is 1.49 bits per heavy atom. The van der Waals surface area contributed by atoms with Gasteiger partial charge in [-0.3, -0.25) is 4.57 Å². The van der Waals surface area contributed by atoms with Crippen molar-refractivity contribution in [1.82, 2.24) is 9.55 Å². The van der Waals surface area contributed by atoms with E-state index in [0.717, 1.165) is 71.6 Å². The van der Waals surface area contributed by atoms with Gasteiger partial charge in [0.2, 0.25) is 0 Å². The summed E-state index contributed by atoms with van der Waals surface area (Å²) in [5.41, 5.74) is 12.8. The lowest BCUT2D eigenvalue weighted by Crippen LogP contribution is -2.00. The van der Waals surface area contributed by atoms with E-state index in [1.165, 1.54) is 5.56 Å². The van der Waals surface area contributed by atoms with Gasteiger partial charge in [0.15, 0.2) is 0 Å². The van der Waals surface area contributed by atoms with E-state index in [2.05, 4.69) is 157 Å². The minimum Gasteiger partial charge on any atom is -0.296 e. The summed E-state index contributed by atoms with van der Waals surface area (Å²) in [5.74, 6) is -0.155. The van der Waals surface area contributed by atoms with Crippen LogP contribution >= 0.6 is 0 Å². The Morgan fingerprint density at radius 1 is 0.418 bits per heavy atom. The van der Waals surface area contributed by atoms with Crippen LogP contribution in [0.25, 0.3) is 93.9 Å². The summed E-state index contributed by atoms with van der Waals surface area (Å²) in [7, 11) is 0. The summed E-state index contributed by atoms with van der Waals surface area (Å²) in [6.07, 6.45) is -2.69. The van der Waals surface area contributed by atoms with Crippen LogP contribution in [0, 0.1) is 0 Å². The van der Waals surface area contributed by atoms with Crippen LogP contribution in [0.15, 0.2) is 200 Å². The molecule has 260 valence electrons. The molecule has 10 rings (SSSR count). The molecule has 0 fully saturated rings. The molecule has 2 heteroatoms. The Hall–Kier alpha value is -7.03. The van der Waals surface area contributed by atoms with Gasteiger partial charge >= 0.3 is 0 Å². The first-order valence-corrected chi connectivity index (χ1v) is 18.5. The standard InChI is InChI=1S/C53H38N2/c1-2-51-54-49-29-13-14-30-50(49)55(51)44-24-16-22-39(35-44)38-21-15-23-40(31-38)52-45-25-9-11-27-47(45)53(48-28-12-10-26-46(48)52)43-33-41(36-17-5-3-6-18-36)32-42(34-43)37-19-7-4-8-20-37/h3-35H,2H2,1H3/i1D3,2D2. The number of para-hydroxylation sites is 2. The highest BCUT2D eigenvalue weighted by molar-refractivity contribution is 6.21. The molecule has 0 saturated heterocycles. The molecule has 0 amide bonds. The summed E-state index contributed by atoms with van der Waals surface area (Å²) in [6.45, 7) is -2.92. The molecule has 1 heterocycles. The van der Waals surface area contributed by atoms with Crippen LogP contribution in [0.4, 0.5) is 0 Å². The summed E-state index contributed by atoms with van der Waals surface area (Å²) in [4.78, 5) is 4.54. The zero-order valence-corrected chi connectivity index (χ0v) is 29.9. The number of fused-ring (bicyclic) bond motifs is 3. The lowest BCUT2D eigenvalue weighted by molar-refractivity contribution is 0.908. The molecule has 10 aromatic rings. The van der Waals surface area contributed by atoms with E-state index in [-0.39, 0.29) is 5.82 Å². The second-order valence-corrected chi connectivity index (χ2v) is 13.9. The van der Waals surface area contributed by atoms with Gasteiger partial charge in [0.1, 0.15) is 5.82 Å². The predicted molar refractivity (Wildman–Crippen MR) is 233 cm³/mol. The van der Waals surface area contributed by atoms with Crippen LogP contribution in [0.3, 0.4) is 0 Å². The molecule has 2 nitrogen and oxygen atoms in total. The molecule has 0 aliphatic carbocycles. The molecule has 55 heavy (non-hydrogen) atoms. The lowest BCUT2D eigenvalue weighted by atomic mass is 9.84. The molecule has 0 spiro atoms. The smallest absolute Gasteiger partial charge is 0.114 e. The molecular weight excluding hydrogens is 665 g/mol. The van der Waals surface area contributed by atoms with E-state index in [4.69, 9.17) is 6.85 Å². The third-order valence-corrected chi connectivity index (χ3v) is 10.6. The Balaban J connectivity index is 1.15. The Bertz CT molecular complexity index is 3110. The number of aromatic nitrogens is 2. The first-order valence-electron chi connectivity index (χ1n) is 21.0. The molecule has 0 bridgehead atoms. The van der Waals surface area contributed by atoms with Crippen LogP contribution in [-0.4, -0.2) is 9.55 Å². The van der Waals surface area contributed by atoms with Crippen molar-refractivity contribution in [3.8, 4) is 61.3 Å². The van der Waals surface area contributed by atoms with Crippen molar-refractivity contribution in [1.29, 1.82) is 0 Å². The summed E-state index contributed by atoms with van der Waals surface area (Å²) in [5, 5.41) is 4.60. The molecule has 0 saturated carbocycles. The van der Waals surface area contributed by atoms with Gasteiger partial charge in [0.25, 0.3) is 0 Å². The van der Waals surface area contributed by atoms with Gasteiger partial charge in [-0.2, -0.15) is 0 Å². The second-order valence-electron chi connectivity index (χ2n) is 13.9. The fraction of sp³-hybridized carbons (Fsp3) is 0.0377. The number of benzene rings is 9. The van der Waals surface area contributed by atoms with Crippen molar-refractivity contribution in [3.63, 3.8) is 0 Å². The third kappa shape index (κ3) is 5.80. The van der Waals surface area contributed by atoms with Gasteiger partial charge in [0, 0.05) is 18.9 Å². The highest BCUT2D eigenvalue weighted by atomic mass is 15.1. The molecular formula is C53H38N2. The van der Waals surface area contributed by atoms with E-state index in [1.807, 2.05) is 42.5 Å². The molecule has 0 N–H and O–H groups in total. The van der Waals surface area contributed by atoms with Crippen LogP contribution in [0.1, 0.15) is 19.5 Å². The number of hydrogen-bond acceptors (Lipinski definition) is 1. The van der Waals surface area contributed by atoms with Gasteiger partial charge in [0.05, 0.1) is 11.0 Å². The Kier molecular flexibility index (Phi) is 6.89. The fourth-order valence-corrected chi connectivity index (χ4v) is 8.17. The van der Waals surface area contributed by atoms with E-state index in [9.17, 15) is 0 Å². The maximum Gasteiger partial charge on any atom is 0.114 e. The average Bonchev–Trinajstić information content (AvgIpc) is 3.69. The maximum atomic E-state index is 8.70. The zero-order chi connectivity index (χ0) is 41.0. The van der Waals surface area contributed by atoms with Crippen LogP contribution in [-0.2, 0) is 6.37 Å². The molecule has 0 atom stereocenters. The van der Waals surface area contributed by atoms with Crippen LogP contribution in [0.5, 0.6) is 0 Å². The minimum atomic E-state index is -2.92. The molecule has 9 aromatic carbocycles. The van der Waals surface area contributed by atoms with Gasteiger partial charge in [-0.15, -0.1) is 0 Å². The van der Waals surface area contributed by atoms with E-state index >= 15 is 0 Å². The molecule has 1 aromatic heterocycles. The SMILES string of the molecule is [2H]C([2H])([2H])C([2H])([2H])c1nc2ccccc2n1-c1cccc(-c2cccc(-c3c4ccccc4c(-c4cc(-c5ccccc5)cc(-c5ccccc5)c4)c4ccccc34)c2)c1. The van der Waals surface area contributed by atoms with Crippen LogP contribution in [0.2, 0.25) is 0 Å². The van der Waals surface area contributed by atoms with Gasteiger partial charge in [-0.1, -0.05) is 159 Å². The Labute approximate surface area is 328 Å². The number of nitrogens with zero attached hydrogens (tertiary/aromatic N) is 2. The number of rotatable bonds is 7. The van der Waals surface area contributed by atoms with E-state index in [0.29, 0.717) is 16.7 Å². The van der Waals surface area contributed by atoms with Crippen molar-refractivity contribution >= 4 is 32.6 Å².